The molecule has 0 bridgehead atoms. The molecule has 0 spiro atoms. The fourth-order valence-corrected chi connectivity index (χ4v) is 2.02. The highest BCUT2D eigenvalue weighted by molar-refractivity contribution is 5.46. The Morgan fingerprint density at radius 1 is 1.47 bits per heavy atom. The molecule has 1 aromatic rings. The number of nitrogens with zero attached hydrogens (tertiary/aromatic N) is 2. The molecule has 0 aliphatic carbocycles. The highest BCUT2D eigenvalue weighted by atomic mass is 16.3. The fraction of sp³-hybridized carbons (Fsp3) is 0.667. The van der Waals surface area contributed by atoms with E-state index in [4.69, 9.17) is 0 Å². The summed E-state index contributed by atoms with van der Waals surface area (Å²) in [5, 5.41) is 12.7. The SMILES string of the molecule is CCCNCc1cnc(N(C)CCC(C)O)c(C)c1. The van der Waals surface area contributed by atoms with Crippen LogP contribution >= 0.6 is 0 Å². The Kier molecular flexibility index (Phi) is 6.81. The van der Waals surface area contributed by atoms with Crippen molar-refractivity contribution in [2.45, 2.75) is 46.3 Å². The highest BCUT2D eigenvalue weighted by Crippen LogP contribution is 2.17. The second-order valence-electron chi connectivity index (χ2n) is 5.22. The van der Waals surface area contributed by atoms with E-state index in [1.165, 1.54) is 11.1 Å². The van der Waals surface area contributed by atoms with Crippen LogP contribution in [0.3, 0.4) is 0 Å². The summed E-state index contributed by atoms with van der Waals surface area (Å²) in [7, 11) is 2.02. The minimum Gasteiger partial charge on any atom is -0.393 e. The van der Waals surface area contributed by atoms with E-state index in [0.29, 0.717) is 0 Å². The van der Waals surface area contributed by atoms with E-state index >= 15 is 0 Å². The summed E-state index contributed by atoms with van der Waals surface area (Å²) in [6.45, 7) is 8.80. The van der Waals surface area contributed by atoms with E-state index in [2.05, 4.69) is 35.1 Å². The maximum atomic E-state index is 9.33. The van der Waals surface area contributed by atoms with Crippen LogP contribution < -0.4 is 10.2 Å². The summed E-state index contributed by atoms with van der Waals surface area (Å²) >= 11 is 0. The summed E-state index contributed by atoms with van der Waals surface area (Å²) in [6.07, 6.45) is 3.58. The molecule has 1 heterocycles. The lowest BCUT2D eigenvalue weighted by Gasteiger charge is -2.21. The Labute approximate surface area is 116 Å². The first-order valence-corrected chi connectivity index (χ1v) is 7.10. The van der Waals surface area contributed by atoms with Crippen LogP contribution in [-0.2, 0) is 6.54 Å². The maximum Gasteiger partial charge on any atom is 0.131 e. The maximum absolute atomic E-state index is 9.33. The molecule has 0 radical (unpaired) electrons. The van der Waals surface area contributed by atoms with Crippen LogP contribution in [0.2, 0.25) is 0 Å². The molecular weight excluding hydrogens is 238 g/mol. The van der Waals surface area contributed by atoms with Crippen molar-refractivity contribution in [1.82, 2.24) is 10.3 Å². The van der Waals surface area contributed by atoms with Gasteiger partial charge in [-0.1, -0.05) is 6.92 Å². The molecule has 4 heteroatoms. The van der Waals surface area contributed by atoms with Crippen LogP contribution in [-0.4, -0.2) is 36.3 Å². The van der Waals surface area contributed by atoms with Gasteiger partial charge in [0.1, 0.15) is 5.82 Å². The molecule has 1 unspecified atom stereocenters. The monoisotopic (exact) mass is 265 g/mol. The normalized spacial score (nSPS) is 12.5. The van der Waals surface area contributed by atoms with E-state index in [1.807, 2.05) is 20.2 Å². The molecule has 0 amide bonds. The van der Waals surface area contributed by atoms with Gasteiger partial charge in [0.25, 0.3) is 0 Å². The van der Waals surface area contributed by atoms with Crippen LogP contribution in [0.4, 0.5) is 5.82 Å². The zero-order valence-electron chi connectivity index (χ0n) is 12.6. The molecule has 1 aromatic heterocycles. The minimum absolute atomic E-state index is 0.264. The average Bonchev–Trinajstić information content (AvgIpc) is 2.36. The van der Waals surface area contributed by atoms with Crippen molar-refractivity contribution in [3.63, 3.8) is 0 Å². The van der Waals surface area contributed by atoms with Crippen molar-refractivity contribution in [1.29, 1.82) is 0 Å². The number of aliphatic hydroxyl groups is 1. The van der Waals surface area contributed by atoms with Crippen molar-refractivity contribution in [3.05, 3.63) is 23.4 Å². The Hall–Kier alpha value is -1.13. The van der Waals surface area contributed by atoms with Crippen molar-refractivity contribution in [3.8, 4) is 0 Å². The summed E-state index contributed by atoms with van der Waals surface area (Å²) in [4.78, 5) is 6.64. The van der Waals surface area contributed by atoms with E-state index in [9.17, 15) is 5.11 Å². The van der Waals surface area contributed by atoms with Crippen molar-refractivity contribution < 1.29 is 5.11 Å². The van der Waals surface area contributed by atoms with Gasteiger partial charge in [-0.05, 0) is 50.4 Å². The molecule has 0 saturated carbocycles. The second kappa shape index (κ2) is 8.12. The van der Waals surface area contributed by atoms with Crippen LogP contribution in [0.25, 0.3) is 0 Å². The third kappa shape index (κ3) is 5.57. The molecule has 0 aromatic carbocycles. The fourth-order valence-electron chi connectivity index (χ4n) is 2.02. The van der Waals surface area contributed by atoms with Gasteiger partial charge in [0.15, 0.2) is 0 Å². The lowest BCUT2D eigenvalue weighted by molar-refractivity contribution is 0.187. The number of aromatic nitrogens is 1. The molecule has 0 saturated heterocycles. The Morgan fingerprint density at radius 3 is 2.79 bits per heavy atom. The number of aryl methyl sites for hydroxylation is 1. The number of anilines is 1. The van der Waals surface area contributed by atoms with Crippen LogP contribution in [0.15, 0.2) is 12.3 Å². The van der Waals surface area contributed by atoms with Crippen molar-refractivity contribution in [2.75, 3.05) is 25.0 Å². The van der Waals surface area contributed by atoms with E-state index in [0.717, 1.165) is 38.3 Å². The van der Waals surface area contributed by atoms with Gasteiger partial charge in [-0.2, -0.15) is 0 Å². The molecule has 1 rings (SSSR count). The molecule has 2 N–H and O–H groups in total. The van der Waals surface area contributed by atoms with E-state index < -0.39 is 0 Å². The summed E-state index contributed by atoms with van der Waals surface area (Å²) in [5.41, 5.74) is 2.41. The van der Waals surface area contributed by atoms with Crippen molar-refractivity contribution in [2.24, 2.45) is 0 Å². The van der Waals surface area contributed by atoms with Gasteiger partial charge in [-0.3, -0.25) is 0 Å². The zero-order chi connectivity index (χ0) is 14.3. The van der Waals surface area contributed by atoms with Crippen molar-refractivity contribution >= 4 is 5.82 Å². The first-order valence-electron chi connectivity index (χ1n) is 7.10. The summed E-state index contributed by atoms with van der Waals surface area (Å²) < 4.78 is 0. The quantitative estimate of drug-likeness (QED) is 0.707. The van der Waals surface area contributed by atoms with Gasteiger partial charge < -0.3 is 15.3 Å². The third-order valence-corrected chi connectivity index (χ3v) is 3.11. The van der Waals surface area contributed by atoms with Gasteiger partial charge in [0.2, 0.25) is 0 Å². The molecule has 19 heavy (non-hydrogen) atoms. The molecular formula is C15H27N3O. The standard InChI is InChI=1S/C15H27N3O/c1-5-7-16-10-14-9-12(2)15(17-11-14)18(4)8-6-13(3)19/h9,11,13,16,19H,5-8,10H2,1-4H3. The number of pyridine rings is 1. The third-order valence-electron chi connectivity index (χ3n) is 3.11. The number of hydrogen-bond donors (Lipinski definition) is 2. The number of hydrogen-bond acceptors (Lipinski definition) is 4. The lowest BCUT2D eigenvalue weighted by Crippen LogP contribution is -2.24. The van der Waals surface area contributed by atoms with Crippen LogP contribution in [0.5, 0.6) is 0 Å². The highest BCUT2D eigenvalue weighted by Gasteiger charge is 2.08. The Morgan fingerprint density at radius 2 is 2.21 bits per heavy atom. The first-order chi connectivity index (χ1) is 9.04. The van der Waals surface area contributed by atoms with Gasteiger partial charge in [-0.15, -0.1) is 0 Å². The Bertz CT molecular complexity index is 380. The molecule has 108 valence electrons. The minimum atomic E-state index is -0.264. The van der Waals surface area contributed by atoms with Crippen LogP contribution in [0, 0.1) is 6.92 Å². The molecule has 4 nitrogen and oxygen atoms in total. The van der Waals surface area contributed by atoms with Gasteiger partial charge >= 0.3 is 0 Å². The molecule has 1 atom stereocenters. The smallest absolute Gasteiger partial charge is 0.131 e. The average molecular weight is 265 g/mol. The number of rotatable bonds is 8. The lowest BCUT2D eigenvalue weighted by atomic mass is 10.2. The van der Waals surface area contributed by atoms with Gasteiger partial charge in [0, 0.05) is 26.3 Å². The molecule has 0 fully saturated rings. The summed E-state index contributed by atoms with van der Waals surface area (Å²) in [5.74, 6) is 1.000. The summed E-state index contributed by atoms with van der Waals surface area (Å²) in [6, 6.07) is 2.18. The number of aliphatic hydroxyl groups excluding tert-OH is 1. The molecule has 0 aliphatic rings. The second-order valence-corrected chi connectivity index (χ2v) is 5.22. The predicted molar refractivity (Wildman–Crippen MR) is 80.5 cm³/mol. The van der Waals surface area contributed by atoms with Gasteiger partial charge in [0.05, 0.1) is 6.10 Å². The molecule has 0 aliphatic heterocycles. The van der Waals surface area contributed by atoms with Gasteiger partial charge in [-0.25, -0.2) is 4.98 Å². The Balaban J connectivity index is 2.60. The zero-order valence-corrected chi connectivity index (χ0v) is 12.6. The van der Waals surface area contributed by atoms with E-state index in [-0.39, 0.29) is 6.10 Å². The largest absolute Gasteiger partial charge is 0.393 e. The topological polar surface area (TPSA) is 48.4 Å². The first kappa shape index (κ1) is 15.9. The van der Waals surface area contributed by atoms with Crippen LogP contribution in [0.1, 0.15) is 37.8 Å². The number of nitrogens with one attached hydrogen (secondary N) is 1. The predicted octanol–water partition coefficient (Wildman–Crippen LogP) is 2.10. The van der Waals surface area contributed by atoms with E-state index in [1.54, 1.807) is 0 Å².